The maximum Gasteiger partial charge on any atom is 0.345 e. The van der Waals surface area contributed by atoms with Gasteiger partial charge in [-0.15, -0.1) is 0 Å². The summed E-state index contributed by atoms with van der Waals surface area (Å²) in [5.74, 6) is -0.434. The van der Waals surface area contributed by atoms with E-state index in [1.807, 2.05) is 19.1 Å². The SMILES string of the molecule is Cc1cc(-c2ncc(C#N)n2C)c2cccc(OCc3c(Cl)cc(F)cc3[C@H](C)NC(=O)COC(F)F)c2n1. The second-order valence-corrected chi connectivity index (χ2v) is 9.11. The highest BCUT2D eigenvalue weighted by Gasteiger charge is 2.20. The van der Waals surface area contributed by atoms with E-state index in [1.165, 1.54) is 12.3 Å². The Labute approximate surface area is 227 Å². The third kappa shape index (κ3) is 6.13. The molecule has 0 radical (unpaired) electrons. The van der Waals surface area contributed by atoms with E-state index in [-0.39, 0.29) is 11.6 Å². The van der Waals surface area contributed by atoms with Gasteiger partial charge in [0.05, 0.1) is 17.3 Å². The molecule has 0 fully saturated rings. The van der Waals surface area contributed by atoms with Gasteiger partial charge < -0.3 is 19.4 Å². The van der Waals surface area contributed by atoms with Gasteiger partial charge in [0.2, 0.25) is 5.91 Å². The number of halogens is 4. The number of pyridine rings is 1. The van der Waals surface area contributed by atoms with Crippen molar-refractivity contribution < 1.29 is 27.4 Å². The number of carbonyl (C=O) groups is 1. The lowest BCUT2D eigenvalue weighted by atomic mass is 10.0. The summed E-state index contributed by atoms with van der Waals surface area (Å²) in [5, 5.41) is 12.6. The van der Waals surface area contributed by atoms with Gasteiger partial charge in [-0.25, -0.2) is 14.4 Å². The Balaban J connectivity index is 1.66. The molecule has 12 heteroatoms. The molecule has 1 amide bonds. The summed E-state index contributed by atoms with van der Waals surface area (Å²) in [5.41, 5.74) is 3.10. The van der Waals surface area contributed by atoms with Crippen LogP contribution in [0.2, 0.25) is 5.02 Å². The molecule has 2 aromatic heterocycles. The number of aryl methyl sites for hydroxylation is 1. The van der Waals surface area contributed by atoms with E-state index in [9.17, 15) is 23.2 Å². The molecule has 2 aromatic carbocycles. The lowest BCUT2D eigenvalue weighted by molar-refractivity contribution is -0.152. The molecule has 0 spiro atoms. The molecule has 0 aliphatic heterocycles. The number of nitrogens with zero attached hydrogens (tertiary/aromatic N) is 4. The van der Waals surface area contributed by atoms with Crippen LogP contribution in [0.3, 0.4) is 0 Å². The zero-order chi connectivity index (χ0) is 28.3. The van der Waals surface area contributed by atoms with Crippen LogP contribution >= 0.6 is 11.6 Å². The number of aromatic nitrogens is 3. The lowest BCUT2D eigenvalue weighted by Gasteiger charge is -2.20. The Hall–Kier alpha value is -4.14. The molecule has 0 bridgehead atoms. The van der Waals surface area contributed by atoms with Crippen molar-refractivity contribution in [2.75, 3.05) is 6.61 Å². The molecule has 0 saturated heterocycles. The average molecular weight is 558 g/mol. The van der Waals surface area contributed by atoms with Crippen LogP contribution < -0.4 is 10.1 Å². The molecule has 2 heterocycles. The van der Waals surface area contributed by atoms with E-state index in [0.717, 1.165) is 17.0 Å². The van der Waals surface area contributed by atoms with Gasteiger partial charge in [-0.3, -0.25) is 4.79 Å². The Kier molecular flexibility index (Phi) is 8.38. The summed E-state index contributed by atoms with van der Waals surface area (Å²) in [6.07, 6.45) is 1.49. The quantitative estimate of drug-likeness (QED) is 0.287. The lowest BCUT2D eigenvalue weighted by Crippen LogP contribution is -2.31. The largest absolute Gasteiger partial charge is 0.487 e. The van der Waals surface area contributed by atoms with Crippen LogP contribution in [0.15, 0.2) is 42.6 Å². The van der Waals surface area contributed by atoms with Crippen molar-refractivity contribution in [3.63, 3.8) is 0 Å². The van der Waals surface area contributed by atoms with Gasteiger partial charge in [-0.1, -0.05) is 23.7 Å². The number of rotatable bonds is 9. The van der Waals surface area contributed by atoms with Gasteiger partial charge in [0.15, 0.2) is 0 Å². The van der Waals surface area contributed by atoms with Crippen molar-refractivity contribution in [3.8, 4) is 23.2 Å². The van der Waals surface area contributed by atoms with Gasteiger partial charge in [-0.2, -0.15) is 14.0 Å². The van der Waals surface area contributed by atoms with Crippen LogP contribution in [0.25, 0.3) is 22.3 Å². The van der Waals surface area contributed by atoms with Crippen LogP contribution in [0.5, 0.6) is 5.75 Å². The monoisotopic (exact) mass is 557 g/mol. The van der Waals surface area contributed by atoms with E-state index >= 15 is 0 Å². The van der Waals surface area contributed by atoms with Gasteiger partial charge in [-0.05, 0) is 43.7 Å². The first-order chi connectivity index (χ1) is 18.6. The molecule has 0 aliphatic carbocycles. The minimum atomic E-state index is -3.09. The van der Waals surface area contributed by atoms with Gasteiger partial charge in [0.1, 0.15) is 47.9 Å². The molecule has 0 aliphatic rings. The maximum absolute atomic E-state index is 14.2. The first-order valence-corrected chi connectivity index (χ1v) is 12.1. The molecule has 39 heavy (non-hydrogen) atoms. The van der Waals surface area contributed by atoms with Crippen molar-refractivity contribution >= 4 is 28.4 Å². The summed E-state index contributed by atoms with van der Waals surface area (Å²) < 4.78 is 50.6. The van der Waals surface area contributed by atoms with Crippen molar-refractivity contribution in [1.29, 1.82) is 5.26 Å². The highest BCUT2D eigenvalue weighted by molar-refractivity contribution is 6.31. The molecule has 4 rings (SSSR count). The number of fused-ring (bicyclic) bond motifs is 1. The molecular weight excluding hydrogens is 535 g/mol. The predicted octanol–water partition coefficient (Wildman–Crippen LogP) is 5.60. The third-order valence-corrected chi connectivity index (χ3v) is 6.36. The third-order valence-electron chi connectivity index (χ3n) is 6.03. The zero-order valence-corrected chi connectivity index (χ0v) is 21.9. The predicted molar refractivity (Wildman–Crippen MR) is 138 cm³/mol. The first-order valence-electron chi connectivity index (χ1n) is 11.7. The number of amides is 1. The normalized spacial score (nSPS) is 12.0. The Morgan fingerprint density at radius 3 is 2.74 bits per heavy atom. The molecule has 202 valence electrons. The number of ether oxygens (including phenoxy) is 2. The number of carbonyl (C=O) groups excluding carboxylic acids is 1. The number of alkyl halides is 2. The summed E-state index contributed by atoms with van der Waals surface area (Å²) in [7, 11) is 1.75. The molecule has 0 saturated carbocycles. The summed E-state index contributed by atoms with van der Waals surface area (Å²) >= 11 is 6.36. The molecule has 8 nitrogen and oxygen atoms in total. The smallest absolute Gasteiger partial charge is 0.345 e. The number of nitrogens with one attached hydrogen (secondary N) is 1. The molecule has 4 aromatic rings. The van der Waals surface area contributed by atoms with E-state index in [4.69, 9.17) is 16.3 Å². The average Bonchev–Trinajstić information content (AvgIpc) is 3.26. The highest BCUT2D eigenvalue weighted by atomic mass is 35.5. The Morgan fingerprint density at radius 1 is 1.28 bits per heavy atom. The fourth-order valence-electron chi connectivity index (χ4n) is 4.23. The zero-order valence-electron chi connectivity index (χ0n) is 21.1. The van der Waals surface area contributed by atoms with E-state index in [0.29, 0.717) is 39.6 Å². The number of benzene rings is 2. The Bertz CT molecular complexity index is 1590. The first kappa shape index (κ1) is 27.9. The fourth-order valence-corrected chi connectivity index (χ4v) is 4.49. The molecular formula is C27H23ClF3N5O3. The van der Waals surface area contributed by atoms with Gasteiger partial charge >= 0.3 is 6.61 Å². The Morgan fingerprint density at radius 2 is 2.05 bits per heavy atom. The highest BCUT2D eigenvalue weighted by Crippen LogP contribution is 2.34. The number of hydrogen-bond donors (Lipinski definition) is 1. The molecule has 1 atom stereocenters. The van der Waals surface area contributed by atoms with Crippen molar-refractivity contribution in [3.05, 3.63) is 75.9 Å². The fraction of sp³-hybridized carbons (Fsp3) is 0.259. The van der Waals surface area contributed by atoms with Gasteiger partial charge in [0, 0.05) is 29.3 Å². The second kappa shape index (κ2) is 11.7. The van der Waals surface area contributed by atoms with E-state index < -0.39 is 31.0 Å². The second-order valence-electron chi connectivity index (χ2n) is 8.71. The van der Waals surface area contributed by atoms with Crippen LogP contribution in [-0.2, 0) is 23.2 Å². The van der Waals surface area contributed by atoms with Crippen molar-refractivity contribution in [2.45, 2.75) is 33.1 Å². The van der Waals surface area contributed by atoms with Crippen molar-refractivity contribution in [1.82, 2.24) is 19.9 Å². The minimum Gasteiger partial charge on any atom is -0.487 e. The minimum absolute atomic E-state index is 0.0667. The van der Waals surface area contributed by atoms with Crippen LogP contribution in [-0.4, -0.2) is 33.7 Å². The van der Waals surface area contributed by atoms with Gasteiger partial charge in [0.25, 0.3) is 0 Å². The molecule has 0 unspecified atom stereocenters. The van der Waals surface area contributed by atoms with Crippen LogP contribution in [0.1, 0.15) is 35.5 Å². The number of hydrogen-bond acceptors (Lipinski definition) is 6. The van der Waals surface area contributed by atoms with Crippen molar-refractivity contribution in [2.24, 2.45) is 7.05 Å². The number of nitriles is 1. The summed E-state index contributed by atoms with van der Waals surface area (Å²) in [4.78, 5) is 21.1. The number of imidazole rings is 1. The van der Waals surface area contributed by atoms with E-state index in [1.54, 1.807) is 30.7 Å². The topological polar surface area (TPSA) is 102 Å². The molecule has 1 N–H and O–H groups in total. The number of para-hydroxylation sites is 1. The van der Waals surface area contributed by atoms with E-state index in [2.05, 4.69) is 26.1 Å². The standard InChI is InChI=1S/C27H23ClF3N5O3/c1-14-7-20(26-33-11-17(10-32)36(26)3)18-5-4-6-23(25(18)34-14)38-12-21-19(8-16(29)9-22(21)28)15(2)35-24(37)13-39-27(30)31/h4-9,11,15,27H,12-13H2,1-3H3,(H,35,37)/t15-/m0/s1. The summed E-state index contributed by atoms with van der Waals surface area (Å²) in [6, 6.07) is 10.9. The van der Waals surface area contributed by atoms with Crippen LogP contribution in [0, 0.1) is 24.1 Å². The maximum atomic E-state index is 14.2. The van der Waals surface area contributed by atoms with Crippen LogP contribution in [0.4, 0.5) is 13.2 Å². The summed E-state index contributed by atoms with van der Waals surface area (Å²) in [6.45, 7) is -0.667.